The first-order chi connectivity index (χ1) is 12.7. The second-order valence-electron chi connectivity index (χ2n) is 6.36. The summed E-state index contributed by atoms with van der Waals surface area (Å²) in [5.74, 6) is 0.365. The van der Waals surface area contributed by atoms with Crippen molar-refractivity contribution in [3.63, 3.8) is 0 Å². The van der Waals surface area contributed by atoms with Crippen molar-refractivity contribution in [1.82, 2.24) is 4.90 Å². The number of nitrogens with zero attached hydrogens (tertiary/aromatic N) is 1. The van der Waals surface area contributed by atoms with Gasteiger partial charge in [0, 0.05) is 13.1 Å². The SMILES string of the molecule is CCC(Oc1ccccc1)C(=O)Nc1ccccc1C(=O)N1CCCC1. The number of nitrogens with one attached hydrogen (secondary N) is 1. The molecule has 1 fully saturated rings. The summed E-state index contributed by atoms with van der Waals surface area (Å²) in [4.78, 5) is 27.2. The van der Waals surface area contributed by atoms with Gasteiger partial charge in [0.2, 0.25) is 0 Å². The fourth-order valence-corrected chi connectivity index (χ4v) is 3.07. The van der Waals surface area contributed by atoms with Crippen LogP contribution in [0.25, 0.3) is 0 Å². The summed E-state index contributed by atoms with van der Waals surface area (Å²) >= 11 is 0. The summed E-state index contributed by atoms with van der Waals surface area (Å²) in [5.41, 5.74) is 1.06. The third-order valence-electron chi connectivity index (χ3n) is 4.49. The highest BCUT2D eigenvalue weighted by Gasteiger charge is 2.24. The smallest absolute Gasteiger partial charge is 0.265 e. The molecule has 5 heteroatoms. The largest absolute Gasteiger partial charge is 0.481 e. The maximum Gasteiger partial charge on any atom is 0.265 e. The highest BCUT2D eigenvalue weighted by atomic mass is 16.5. The molecular weight excluding hydrogens is 328 g/mol. The number of benzene rings is 2. The number of amides is 2. The van der Waals surface area contributed by atoms with Crippen LogP contribution in [0.2, 0.25) is 0 Å². The number of likely N-dealkylation sites (tertiary alicyclic amines) is 1. The van der Waals surface area contributed by atoms with E-state index in [0.29, 0.717) is 23.4 Å². The van der Waals surface area contributed by atoms with Gasteiger partial charge in [0.05, 0.1) is 11.3 Å². The Morgan fingerprint density at radius 3 is 2.38 bits per heavy atom. The first kappa shape index (κ1) is 18.0. The molecule has 5 nitrogen and oxygen atoms in total. The second kappa shape index (κ2) is 8.52. The lowest BCUT2D eigenvalue weighted by atomic mass is 10.1. The van der Waals surface area contributed by atoms with Crippen molar-refractivity contribution in [2.45, 2.75) is 32.3 Å². The standard InChI is InChI=1S/C21H24N2O3/c1-2-19(26-16-10-4-3-5-11-16)20(24)22-18-13-7-6-12-17(18)21(25)23-14-8-9-15-23/h3-7,10-13,19H,2,8-9,14-15H2,1H3,(H,22,24). The molecule has 0 bridgehead atoms. The van der Waals surface area contributed by atoms with E-state index in [1.807, 2.05) is 54.3 Å². The van der Waals surface area contributed by atoms with Crippen LogP contribution in [-0.4, -0.2) is 35.9 Å². The Bertz CT molecular complexity index is 755. The number of hydrogen-bond acceptors (Lipinski definition) is 3. The number of para-hydroxylation sites is 2. The highest BCUT2D eigenvalue weighted by Crippen LogP contribution is 2.21. The summed E-state index contributed by atoms with van der Waals surface area (Å²) < 4.78 is 5.79. The molecule has 0 saturated carbocycles. The molecule has 136 valence electrons. The number of carbonyl (C=O) groups excluding carboxylic acids is 2. The molecule has 0 radical (unpaired) electrons. The minimum atomic E-state index is -0.618. The average Bonchev–Trinajstić information content (AvgIpc) is 3.21. The van der Waals surface area contributed by atoms with Gasteiger partial charge in [-0.1, -0.05) is 37.3 Å². The Kier molecular flexibility index (Phi) is 5.89. The minimum Gasteiger partial charge on any atom is -0.481 e. The maximum atomic E-state index is 12.7. The normalized spacial score (nSPS) is 14.7. The maximum absolute atomic E-state index is 12.7. The van der Waals surface area contributed by atoms with Gasteiger partial charge in [-0.15, -0.1) is 0 Å². The lowest BCUT2D eigenvalue weighted by Crippen LogP contribution is -2.34. The van der Waals surface area contributed by atoms with Gasteiger partial charge in [0.15, 0.2) is 6.10 Å². The monoisotopic (exact) mass is 352 g/mol. The number of hydrogen-bond donors (Lipinski definition) is 1. The zero-order valence-corrected chi connectivity index (χ0v) is 15.0. The zero-order chi connectivity index (χ0) is 18.4. The summed E-state index contributed by atoms with van der Waals surface area (Å²) in [6, 6.07) is 16.4. The Hall–Kier alpha value is -2.82. The lowest BCUT2D eigenvalue weighted by Gasteiger charge is -2.20. The molecule has 1 atom stereocenters. The van der Waals surface area contributed by atoms with Crippen LogP contribution in [0.3, 0.4) is 0 Å². The van der Waals surface area contributed by atoms with E-state index in [1.54, 1.807) is 12.1 Å². The molecule has 1 aliphatic heterocycles. The van der Waals surface area contributed by atoms with Crippen LogP contribution >= 0.6 is 0 Å². The van der Waals surface area contributed by atoms with Gasteiger partial charge in [0.25, 0.3) is 11.8 Å². The number of ether oxygens (including phenoxy) is 1. The first-order valence-electron chi connectivity index (χ1n) is 9.10. The molecule has 2 aromatic carbocycles. The van der Waals surface area contributed by atoms with Crippen LogP contribution in [0.5, 0.6) is 5.75 Å². The Morgan fingerprint density at radius 2 is 1.69 bits per heavy atom. The van der Waals surface area contributed by atoms with Crippen molar-refractivity contribution in [2.24, 2.45) is 0 Å². The van der Waals surface area contributed by atoms with E-state index in [1.165, 1.54) is 0 Å². The van der Waals surface area contributed by atoms with E-state index in [2.05, 4.69) is 5.32 Å². The Morgan fingerprint density at radius 1 is 1.04 bits per heavy atom. The van der Waals surface area contributed by atoms with E-state index < -0.39 is 6.10 Å². The second-order valence-corrected chi connectivity index (χ2v) is 6.36. The van der Waals surface area contributed by atoms with E-state index in [-0.39, 0.29) is 11.8 Å². The molecule has 1 saturated heterocycles. The third-order valence-corrected chi connectivity index (χ3v) is 4.49. The molecule has 2 amide bonds. The zero-order valence-electron chi connectivity index (χ0n) is 15.0. The van der Waals surface area contributed by atoms with Gasteiger partial charge >= 0.3 is 0 Å². The van der Waals surface area contributed by atoms with Crippen molar-refractivity contribution < 1.29 is 14.3 Å². The van der Waals surface area contributed by atoms with E-state index in [9.17, 15) is 9.59 Å². The van der Waals surface area contributed by atoms with Gasteiger partial charge in [-0.2, -0.15) is 0 Å². The third kappa shape index (κ3) is 4.23. The number of rotatable bonds is 6. The topological polar surface area (TPSA) is 58.6 Å². The van der Waals surface area contributed by atoms with Crippen molar-refractivity contribution in [2.75, 3.05) is 18.4 Å². The molecule has 1 unspecified atom stereocenters. The van der Waals surface area contributed by atoms with E-state index >= 15 is 0 Å². The number of carbonyl (C=O) groups is 2. The number of anilines is 1. The Labute approximate surface area is 154 Å². The summed E-state index contributed by atoms with van der Waals surface area (Å²) in [6.07, 6.45) is 1.97. The molecule has 2 aromatic rings. The summed E-state index contributed by atoms with van der Waals surface area (Å²) in [7, 11) is 0. The molecule has 0 aliphatic carbocycles. The molecule has 1 heterocycles. The molecule has 26 heavy (non-hydrogen) atoms. The van der Waals surface area contributed by atoms with Gasteiger partial charge < -0.3 is 15.0 Å². The van der Waals surface area contributed by atoms with Crippen LogP contribution in [0.1, 0.15) is 36.5 Å². The van der Waals surface area contributed by atoms with Crippen molar-refractivity contribution in [3.05, 3.63) is 60.2 Å². The van der Waals surface area contributed by atoms with Crippen molar-refractivity contribution >= 4 is 17.5 Å². The van der Waals surface area contributed by atoms with Gasteiger partial charge in [-0.05, 0) is 43.5 Å². The fourth-order valence-electron chi connectivity index (χ4n) is 3.07. The van der Waals surface area contributed by atoms with Gasteiger partial charge in [0.1, 0.15) is 5.75 Å². The Balaban J connectivity index is 1.73. The van der Waals surface area contributed by atoms with Crippen LogP contribution in [0, 0.1) is 0 Å². The van der Waals surface area contributed by atoms with Gasteiger partial charge in [-0.3, -0.25) is 9.59 Å². The molecular formula is C21H24N2O3. The van der Waals surface area contributed by atoms with Crippen LogP contribution in [-0.2, 0) is 4.79 Å². The fraction of sp³-hybridized carbons (Fsp3) is 0.333. The highest BCUT2D eigenvalue weighted by molar-refractivity contribution is 6.04. The lowest BCUT2D eigenvalue weighted by molar-refractivity contribution is -0.122. The molecule has 0 aromatic heterocycles. The minimum absolute atomic E-state index is 0.0320. The molecule has 1 aliphatic rings. The van der Waals surface area contributed by atoms with Crippen molar-refractivity contribution in [3.8, 4) is 5.75 Å². The van der Waals surface area contributed by atoms with Crippen LogP contribution in [0.4, 0.5) is 5.69 Å². The summed E-state index contributed by atoms with van der Waals surface area (Å²) in [5, 5.41) is 2.87. The predicted molar refractivity (Wildman–Crippen MR) is 101 cm³/mol. The van der Waals surface area contributed by atoms with E-state index in [4.69, 9.17) is 4.74 Å². The van der Waals surface area contributed by atoms with E-state index in [0.717, 1.165) is 25.9 Å². The van der Waals surface area contributed by atoms with Crippen LogP contribution < -0.4 is 10.1 Å². The molecule has 0 spiro atoms. The summed E-state index contributed by atoms with van der Waals surface area (Å²) in [6.45, 7) is 3.44. The molecule has 3 rings (SSSR count). The van der Waals surface area contributed by atoms with Gasteiger partial charge in [-0.25, -0.2) is 0 Å². The molecule has 1 N–H and O–H groups in total. The predicted octanol–water partition coefficient (Wildman–Crippen LogP) is 3.72. The van der Waals surface area contributed by atoms with Crippen LogP contribution in [0.15, 0.2) is 54.6 Å². The quantitative estimate of drug-likeness (QED) is 0.862. The van der Waals surface area contributed by atoms with Crippen molar-refractivity contribution in [1.29, 1.82) is 0 Å². The average molecular weight is 352 g/mol. The first-order valence-corrected chi connectivity index (χ1v) is 9.10.